The van der Waals surface area contributed by atoms with Crippen molar-refractivity contribution in [2.75, 3.05) is 0 Å². The second kappa shape index (κ2) is 6.18. The van der Waals surface area contributed by atoms with Crippen LogP contribution in [0.3, 0.4) is 0 Å². The van der Waals surface area contributed by atoms with Gasteiger partial charge in [0.15, 0.2) is 0 Å². The Morgan fingerprint density at radius 3 is 2.18 bits per heavy atom. The lowest BCUT2D eigenvalue weighted by molar-refractivity contribution is -0.147. The molecule has 0 bridgehead atoms. The molecule has 0 radical (unpaired) electrons. The Hall–Kier alpha value is -1.64. The number of carboxylic acids is 1. The third kappa shape index (κ3) is 3.16. The Kier molecular flexibility index (Phi) is 4.88. The molecular weight excluding hydrogens is 216 g/mol. The van der Waals surface area contributed by atoms with Gasteiger partial charge in [-0.05, 0) is 12.0 Å². The fourth-order valence-electron chi connectivity index (χ4n) is 2.12. The highest BCUT2D eigenvalue weighted by Crippen LogP contribution is 2.29. The van der Waals surface area contributed by atoms with E-state index in [1.54, 1.807) is 6.92 Å². The first-order valence-corrected chi connectivity index (χ1v) is 5.92. The van der Waals surface area contributed by atoms with Crippen molar-refractivity contribution in [1.29, 1.82) is 0 Å². The van der Waals surface area contributed by atoms with Gasteiger partial charge in [-0.25, -0.2) is 0 Å². The molecule has 0 fully saturated rings. The molecule has 0 aliphatic carbocycles. The normalized spacial score (nSPS) is 14.0. The van der Waals surface area contributed by atoms with Crippen LogP contribution >= 0.6 is 0 Å². The number of carbonyl (C=O) groups excluding carboxylic acids is 1. The highest BCUT2D eigenvalue weighted by Gasteiger charge is 2.33. The lowest BCUT2D eigenvalue weighted by atomic mass is 9.81. The first kappa shape index (κ1) is 13.4. The van der Waals surface area contributed by atoms with E-state index in [2.05, 4.69) is 0 Å². The number of aliphatic carboxylic acids is 1. The average molecular weight is 234 g/mol. The van der Waals surface area contributed by atoms with Gasteiger partial charge in [0, 0.05) is 12.3 Å². The third-order valence-electron chi connectivity index (χ3n) is 3.03. The minimum Gasteiger partial charge on any atom is -0.481 e. The average Bonchev–Trinajstić information content (AvgIpc) is 2.35. The molecule has 0 aliphatic heterocycles. The number of hydrogen-bond acceptors (Lipinski definition) is 2. The van der Waals surface area contributed by atoms with Crippen molar-refractivity contribution >= 4 is 11.8 Å². The summed E-state index contributed by atoms with van der Waals surface area (Å²) in [5.74, 6) is -2.38. The molecule has 0 heterocycles. The largest absolute Gasteiger partial charge is 0.481 e. The molecule has 0 saturated heterocycles. The molecule has 17 heavy (non-hydrogen) atoms. The first-order chi connectivity index (χ1) is 8.11. The molecule has 0 aliphatic rings. The van der Waals surface area contributed by atoms with E-state index >= 15 is 0 Å². The number of carbonyl (C=O) groups is 2. The van der Waals surface area contributed by atoms with Crippen LogP contribution in [0.5, 0.6) is 0 Å². The highest BCUT2D eigenvalue weighted by molar-refractivity contribution is 5.99. The molecule has 3 heteroatoms. The highest BCUT2D eigenvalue weighted by atomic mass is 16.4. The number of hydrogen-bond donors (Lipinski definition) is 1. The maximum absolute atomic E-state index is 11.7. The van der Waals surface area contributed by atoms with E-state index in [9.17, 15) is 14.7 Å². The standard InChI is InChI=1S/C14H18O3/c1-3-11(10-8-6-5-7-9-10)13(14(16)17)12(15)4-2/h5-9,11,13H,3-4H2,1-2H3,(H,16,17). The predicted octanol–water partition coefficient (Wildman–Crippen LogP) is 2.86. The summed E-state index contributed by atoms with van der Waals surface area (Å²) in [7, 11) is 0. The van der Waals surface area contributed by atoms with E-state index in [4.69, 9.17) is 0 Å². The quantitative estimate of drug-likeness (QED) is 0.770. The Bertz CT molecular complexity index is 384. The van der Waals surface area contributed by atoms with Gasteiger partial charge < -0.3 is 5.11 Å². The Morgan fingerprint density at radius 1 is 1.18 bits per heavy atom. The van der Waals surface area contributed by atoms with E-state index in [-0.39, 0.29) is 18.1 Å². The van der Waals surface area contributed by atoms with E-state index < -0.39 is 11.9 Å². The molecule has 2 atom stereocenters. The van der Waals surface area contributed by atoms with Crippen LogP contribution in [0, 0.1) is 5.92 Å². The number of rotatable bonds is 6. The SMILES string of the molecule is CCC(=O)C(C(=O)O)C(CC)c1ccccc1. The van der Waals surface area contributed by atoms with E-state index in [1.165, 1.54) is 0 Å². The maximum Gasteiger partial charge on any atom is 0.314 e. The zero-order valence-corrected chi connectivity index (χ0v) is 10.2. The van der Waals surface area contributed by atoms with Crippen molar-refractivity contribution in [3.63, 3.8) is 0 Å². The maximum atomic E-state index is 11.7. The van der Waals surface area contributed by atoms with Crippen molar-refractivity contribution < 1.29 is 14.7 Å². The van der Waals surface area contributed by atoms with Gasteiger partial charge in [-0.2, -0.15) is 0 Å². The number of benzene rings is 1. The van der Waals surface area contributed by atoms with E-state index in [1.807, 2.05) is 37.3 Å². The zero-order valence-electron chi connectivity index (χ0n) is 10.2. The molecule has 2 unspecified atom stereocenters. The number of Topliss-reactive ketones (excluding diaryl/α,β-unsaturated/α-hetero) is 1. The summed E-state index contributed by atoms with van der Waals surface area (Å²) in [6.07, 6.45) is 0.910. The predicted molar refractivity (Wildman–Crippen MR) is 65.9 cm³/mol. The van der Waals surface area contributed by atoms with Gasteiger partial charge in [0.05, 0.1) is 0 Å². The molecule has 0 saturated carbocycles. The molecule has 1 aromatic rings. The van der Waals surface area contributed by atoms with E-state index in [0.717, 1.165) is 5.56 Å². The summed E-state index contributed by atoms with van der Waals surface area (Å²) in [5.41, 5.74) is 0.921. The summed E-state index contributed by atoms with van der Waals surface area (Å²) in [4.78, 5) is 23.0. The summed E-state index contributed by atoms with van der Waals surface area (Å²) in [5, 5.41) is 9.22. The fourth-order valence-corrected chi connectivity index (χ4v) is 2.12. The van der Waals surface area contributed by atoms with Crippen molar-refractivity contribution in [3.05, 3.63) is 35.9 Å². The summed E-state index contributed by atoms with van der Waals surface area (Å²) < 4.78 is 0. The lowest BCUT2D eigenvalue weighted by Crippen LogP contribution is -2.29. The van der Waals surface area contributed by atoms with Crippen LogP contribution in [0.25, 0.3) is 0 Å². The molecule has 0 aromatic heterocycles. The van der Waals surface area contributed by atoms with Crippen molar-refractivity contribution in [2.24, 2.45) is 5.92 Å². The second-order valence-corrected chi connectivity index (χ2v) is 4.06. The van der Waals surface area contributed by atoms with Crippen molar-refractivity contribution in [3.8, 4) is 0 Å². The molecular formula is C14H18O3. The summed E-state index contributed by atoms with van der Waals surface area (Å²) in [6.45, 7) is 3.62. The van der Waals surface area contributed by atoms with Crippen LogP contribution in [0.1, 0.15) is 38.2 Å². The van der Waals surface area contributed by atoms with Crippen LogP contribution in [-0.2, 0) is 9.59 Å². The number of ketones is 1. The van der Waals surface area contributed by atoms with Gasteiger partial charge in [0.1, 0.15) is 11.7 Å². The van der Waals surface area contributed by atoms with Crippen LogP contribution in [0.15, 0.2) is 30.3 Å². The Labute approximate surface area is 101 Å². The zero-order chi connectivity index (χ0) is 12.8. The van der Waals surface area contributed by atoms with Gasteiger partial charge in [-0.3, -0.25) is 9.59 Å². The van der Waals surface area contributed by atoms with Crippen molar-refractivity contribution in [1.82, 2.24) is 0 Å². The van der Waals surface area contributed by atoms with Crippen molar-refractivity contribution in [2.45, 2.75) is 32.6 Å². The van der Waals surface area contributed by atoms with Crippen LogP contribution in [0.4, 0.5) is 0 Å². The first-order valence-electron chi connectivity index (χ1n) is 5.92. The monoisotopic (exact) mass is 234 g/mol. The summed E-state index contributed by atoms with van der Waals surface area (Å²) in [6, 6.07) is 9.38. The Balaban J connectivity index is 3.06. The number of carboxylic acid groups (broad SMARTS) is 1. The van der Waals surface area contributed by atoms with Crippen LogP contribution < -0.4 is 0 Å². The van der Waals surface area contributed by atoms with Crippen LogP contribution in [0.2, 0.25) is 0 Å². The molecule has 1 aromatic carbocycles. The van der Waals surface area contributed by atoms with Gasteiger partial charge in [0.2, 0.25) is 0 Å². The molecule has 1 rings (SSSR count). The third-order valence-corrected chi connectivity index (χ3v) is 3.03. The van der Waals surface area contributed by atoms with Crippen LogP contribution in [-0.4, -0.2) is 16.9 Å². The van der Waals surface area contributed by atoms with E-state index in [0.29, 0.717) is 6.42 Å². The molecule has 3 nitrogen and oxygen atoms in total. The minimum atomic E-state index is -1.02. The van der Waals surface area contributed by atoms with Gasteiger partial charge >= 0.3 is 5.97 Å². The Morgan fingerprint density at radius 2 is 1.76 bits per heavy atom. The fraction of sp³-hybridized carbons (Fsp3) is 0.429. The second-order valence-electron chi connectivity index (χ2n) is 4.06. The smallest absolute Gasteiger partial charge is 0.314 e. The van der Waals surface area contributed by atoms with Gasteiger partial charge in [-0.1, -0.05) is 44.2 Å². The topological polar surface area (TPSA) is 54.4 Å². The molecule has 0 amide bonds. The molecule has 92 valence electrons. The molecule has 0 spiro atoms. The summed E-state index contributed by atoms with van der Waals surface area (Å²) >= 11 is 0. The van der Waals surface area contributed by atoms with Gasteiger partial charge in [0.25, 0.3) is 0 Å². The minimum absolute atomic E-state index is 0.201. The molecule has 1 N–H and O–H groups in total. The van der Waals surface area contributed by atoms with Gasteiger partial charge in [-0.15, -0.1) is 0 Å². The lowest BCUT2D eigenvalue weighted by Gasteiger charge is -2.21.